The average Bonchev–Trinajstić information content (AvgIpc) is 2.68. The number of amides is 1. The van der Waals surface area contributed by atoms with Gasteiger partial charge in [-0.3, -0.25) is 4.79 Å². The Hall–Kier alpha value is -2.33. The standard InChI is InChI=1S/C22H28N2O2/c1-17-5-3-6-19(15-17)20-7-4-12-24(16-20)22(26)18-8-10-21(11-9-18)23(2)13-14-25/h3,5-6,8-11,15,20,25H,4,7,12-14,16H2,1-2H3/t20-/m1/s1. The number of carbonyl (C=O) groups excluding carboxylic acids is 1. The molecule has 1 N–H and O–H groups in total. The number of likely N-dealkylation sites (N-methyl/N-ethyl adjacent to an activating group) is 1. The van der Waals surface area contributed by atoms with Gasteiger partial charge in [0.2, 0.25) is 0 Å². The van der Waals surface area contributed by atoms with Crippen LogP contribution in [0.2, 0.25) is 0 Å². The second kappa shape index (κ2) is 8.37. The summed E-state index contributed by atoms with van der Waals surface area (Å²) in [5.74, 6) is 0.529. The Morgan fingerprint density at radius 2 is 2.00 bits per heavy atom. The molecule has 1 heterocycles. The zero-order chi connectivity index (χ0) is 18.5. The maximum absolute atomic E-state index is 12.9. The minimum absolute atomic E-state index is 0.110. The van der Waals surface area contributed by atoms with Crippen LogP contribution >= 0.6 is 0 Å². The molecule has 3 rings (SSSR count). The van der Waals surface area contributed by atoms with E-state index in [2.05, 4.69) is 31.2 Å². The topological polar surface area (TPSA) is 43.8 Å². The first-order chi connectivity index (χ1) is 12.6. The van der Waals surface area contributed by atoms with Crippen molar-refractivity contribution in [1.82, 2.24) is 4.90 Å². The number of aliphatic hydroxyl groups excluding tert-OH is 1. The number of carbonyl (C=O) groups is 1. The summed E-state index contributed by atoms with van der Waals surface area (Å²) in [5.41, 5.74) is 4.35. The van der Waals surface area contributed by atoms with E-state index in [0.29, 0.717) is 12.5 Å². The Morgan fingerprint density at radius 3 is 2.69 bits per heavy atom. The van der Waals surface area contributed by atoms with Gasteiger partial charge in [-0.1, -0.05) is 29.8 Å². The van der Waals surface area contributed by atoms with Crippen LogP contribution in [-0.2, 0) is 0 Å². The SMILES string of the molecule is Cc1cccc([C@@H]2CCCN(C(=O)c3ccc(N(C)CCO)cc3)C2)c1. The predicted octanol–water partition coefficient (Wildman–Crippen LogP) is 3.44. The number of piperidine rings is 1. The molecular formula is C22H28N2O2. The van der Waals surface area contributed by atoms with Gasteiger partial charge in [0.05, 0.1) is 6.61 Å². The van der Waals surface area contributed by atoms with Crippen LogP contribution in [0, 0.1) is 6.92 Å². The van der Waals surface area contributed by atoms with Crippen LogP contribution in [0.1, 0.15) is 40.2 Å². The van der Waals surface area contributed by atoms with Crippen LogP contribution in [0.5, 0.6) is 0 Å². The first kappa shape index (κ1) is 18.5. The fourth-order valence-corrected chi connectivity index (χ4v) is 3.68. The molecule has 0 aliphatic carbocycles. The first-order valence-electron chi connectivity index (χ1n) is 9.36. The van der Waals surface area contributed by atoms with E-state index in [0.717, 1.165) is 37.2 Å². The quantitative estimate of drug-likeness (QED) is 0.896. The zero-order valence-electron chi connectivity index (χ0n) is 15.7. The van der Waals surface area contributed by atoms with E-state index in [4.69, 9.17) is 5.11 Å². The summed E-state index contributed by atoms with van der Waals surface area (Å²) < 4.78 is 0. The molecule has 1 aliphatic heterocycles. The molecule has 1 atom stereocenters. The van der Waals surface area contributed by atoms with E-state index in [1.54, 1.807) is 0 Å². The van der Waals surface area contributed by atoms with Crippen molar-refractivity contribution in [2.45, 2.75) is 25.7 Å². The van der Waals surface area contributed by atoms with Gasteiger partial charge in [-0.2, -0.15) is 0 Å². The van der Waals surface area contributed by atoms with Crippen molar-refractivity contribution in [1.29, 1.82) is 0 Å². The molecule has 0 bridgehead atoms. The summed E-state index contributed by atoms with van der Waals surface area (Å²) in [4.78, 5) is 16.9. The highest BCUT2D eigenvalue weighted by Crippen LogP contribution is 2.28. The summed E-state index contributed by atoms with van der Waals surface area (Å²) in [6.45, 7) is 4.43. The number of anilines is 1. The molecule has 0 spiro atoms. The number of aliphatic hydroxyl groups is 1. The normalized spacial score (nSPS) is 17.2. The molecule has 1 amide bonds. The van der Waals surface area contributed by atoms with E-state index in [1.807, 2.05) is 41.1 Å². The van der Waals surface area contributed by atoms with Gasteiger partial charge >= 0.3 is 0 Å². The van der Waals surface area contributed by atoms with Crippen LogP contribution in [0.25, 0.3) is 0 Å². The van der Waals surface area contributed by atoms with Crippen molar-refractivity contribution < 1.29 is 9.90 Å². The van der Waals surface area contributed by atoms with Crippen molar-refractivity contribution in [2.75, 3.05) is 38.2 Å². The lowest BCUT2D eigenvalue weighted by atomic mass is 9.89. The Labute approximate surface area is 156 Å². The van der Waals surface area contributed by atoms with Gasteiger partial charge in [0.15, 0.2) is 0 Å². The third kappa shape index (κ3) is 4.25. The predicted molar refractivity (Wildman–Crippen MR) is 106 cm³/mol. The number of rotatable bonds is 5. The monoisotopic (exact) mass is 352 g/mol. The van der Waals surface area contributed by atoms with Crippen molar-refractivity contribution in [3.05, 3.63) is 65.2 Å². The fourth-order valence-electron chi connectivity index (χ4n) is 3.68. The number of aryl methyl sites for hydroxylation is 1. The highest BCUT2D eigenvalue weighted by molar-refractivity contribution is 5.94. The summed E-state index contributed by atoms with van der Waals surface area (Å²) in [7, 11) is 1.93. The van der Waals surface area contributed by atoms with E-state index in [9.17, 15) is 4.79 Å². The van der Waals surface area contributed by atoms with Crippen LogP contribution in [0.4, 0.5) is 5.69 Å². The Balaban J connectivity index is 1.69. The molecule has 0 radical (unpaired) electrons. The lowest BCUT2D eigenvalue weighted by molar-refractivity contribution is 0.0707. The Morgan fingerprint density at radius 1 is 1.23 bits per heavy atom. The molecule has 1 aliphatic rings. The zero-order valence-corrected chi connectivity index (χ0v) is 15.7. The number of benzene rings is 2. The van der Waals surface area contributed by atoms with E-state index in [-0.39, 0.29) is 12.5 Å². The summed E-state index contributed by atoms with van der Waals surface area (Å²) in [5, 5.41) is 9.04. The van der Waals surface area contributed by atoms with Crippen molar-refractivity contribution in [3.8, 4) is 0 Å². The van der Waals surface area contributed by atoms with Crippen molar-refractivity contribution >= 4 is 11.6 Å². The van der Waals surface area contributed by atoms with Crippen molar-refractivity contribution in [3.63, 3.8) is 0 Å². The molecule has 2 aromatic rings. The van der Waals surface area contributed by atoms with Gasteiger partial charge in [-0.05, 0) is 49.6 Å². The molecule has 138 valence electrons. The van der Waals surface area contributed by atoms with Gasteiger partial charge < -0.3 is 14.9 Å². The van der Waals surface area contributed by atoms with Gasteiger partial charge in [-0.15, -0.1) is 0 Å². The summed E-state index contributed by atoms with van der Waals surface area (Å²) >= 11 is 0. The number of nitrogens with zero attached hydrogens (tertiary/aromatic N) is 2. The molecule has 4 nitrogen and oxygen atoms in total. The third-order valence-corrected chi connectivity index (χ3v) is 5.21. The third-order valence-electron chi connectivity index (χ3n) is 5.21. The maximum atomic E-state index is 12.9. The Bertz CT molecular complexity index is 742. The Kier molecular flexibility index (Phi) is 5.94. The van der Waals surface area contributed by atoms with Gasteiger partial charge in [0, 0.05) is 43.9 Å². The summed E-state index contributed by atoms with van der Waals surface area (Å²) in [6.07, 6.45) is 2.18. The second-order valence-corrected chi connectivity index (χ2v) is 7.20. The largest absolute Gasteiger partial charge is 0.395 e. The molecule has 0 unspecified atom stereocenters. The maximum Gasteiger partial charge on any atom is 0.253 e. The highest BCUT2D eigenvalue weighted by Gasteiger charge is 2.25. The smallest absolute Gasteiger partial charge is 0.253 e. The molecule has 1 fully saturated rings. The second-order valence-electron chi connectivity index (χ2n) is 7.20. The summed E-state index contributed by atoms with van der Waals surface area (Å²) in [6, 6.07) is 16.3. The van der Waals surface area contributed by atoms with E-state index < -0.39 is 0 Å². The van der Waals surface area contributed by atoms with Gasteiger partial charge in [-0.25, -0.2) is 0 Å². The van der Waals surface area contributed by atoms with E-state index >= 15 is 0 Å². The number of hydrogen-bond acceptors (Lipinski definition) is 3. The van der Waals surface area contributed by atoms with Gasteiger partial charge in [0.25, 0.3) is 5.91 Å². The minimum Gasteiger partial charge on any atom is -0.395 e. The van der Waals surface area contributed by atoms with E-state index in [1.165, 1.54) is 11.1 Å². The molecule has 4 heteroatoms. The fraction of sp³-hybridized carbons (Fsp3) is 0.409. The molecule has 0 aromatic heterocycles. The van der Waals surface area contributed by atoms with Crippen LogP contribution in [-0.4, -0.2) is 49.2 Å². The number of likely N-dealkylation sites (tertiary alicyclic amines) is 1. The van der Waals surface area contributed by atoms with Crippen LogP contribution < -0.4 is 4.90 Å². The molecule has 0 saturated carbocycles. The lowest BCUT2D eigenvalue weighted by Crippen LogP contribution is -2.39. The molecule has 26 heavy (non-hydrogen) atoms. The van der Waals surface area contributed by atoms with Crippen molar-refractivity contribution in [2.24, 2.45) is 0 Å². The lowest BCUT2D eigenvalue weighted by Gasteiger charge is -2.33. The molecular weight excluding hydrogens is 324 g/mol. The first-order valence-corrected chi connectivity index (χ1v) is 9.36. The minimum atomic E-state index is 0.110. The molecule has 2 aromatic carbocycles. The molecule has 1 saturated heterocycles. The highest BCUT2D eigenvalue weighted by atomic mass is 16.3. The van der Waals surface area contributed by atoms with Crippen LogP contribution in [0.3, 0.4) is 0 Å². The number of hydrogen-bond donors (Lipinski definition) is 1. The van der Waals surface area contributed by atoms with Crippen LogP contribution in [0.15, 0.2) is 48.5 Å². The average molecular weight is 352 g/mol. The van der Waals surface area contributed by atoms with Gasteiger partial charge in [0.1, 0.15) is 0 Å².